The number of carbonyl (C=O) groups is 1. The van der Waals surface area contributed by atoms with Gasteiger partial charge in [-0.25, -0.2) is 9.07 Å². The molecule has 2 atom stereocenters. The van der Waals surface area contributed by atoms with Gasteiger partial charge in [0.25, 0.3) is 0 Å². The number of hydrogen-bond donors (Lipinski definition) is 1. The lowest BCUT2D eigenvalue weighted by atomic mass is 10.0. The van der Waals surface area contributed by atoms with Gasteiger partial charge in [0, 0.05) is 5.56 Å². The molecule has 0 radical (unpaired) electrons. The molecule has 7 heteroatoms. The number of hydrogen-bond acceptors (Lipinski definition) is 4. The van der Waals surface area contributed by atoms with Crippen molar-refractivity contribution >= 4 is 5.97 Å². The van der Waals surface area contributed by atoms with Crippen LogP contribution in [0, 0.1) is 18.7 Å². The van der Waals surface area contributed by atoms with E-state index in [2.05, 4.69) is 15.5 Å². The third-order valence-electron chi connectivity index (χ3n) is 3.42. The van der Waals surface area contributed by atoms with Crippen molar-refractivity contribution in [2.75, 3.05) is 0 Å². The molecule has 0 bridgehead atoms. The maximum absolute atomic E-state index is 13.6. The van der Waals surface area contributed by atoms with Gasteiger partial charge in [-0.05, 0) is 42.8 Å². The molecule has 2 aromatic rings. The molecule has 2 unspecified atom stereocenters. The monoisotopic (exact) mass is 278 g/mol. The smallest absolute Gasteiger partial charge is 0.308 e. The van der Waals surface area contributed by atoms with Gasteiger partial charge >= 0.3 is 5.97 Å². The summed E-state index contributed by atoms with van der Waals surface area (Å²) in [6, 6.07) is 4.24. The molecule has 0 amide bonds. The largest absolute Gasteiger partial charge is 0.481 e. The third kappa shape index (κ3) is 2.52. The van der Waals surface area contributed by atoms with E-state index in [1.54, 1.807) is 32.9 Å². The lowest BCUT2D eigenvalue weighted by molar-refractivity contribution is -0.142. The molecule has 0 spiro atoms. The summed E-state index contributed by atoms with van der Waals surface area (Å²) in [6.45, 7) is 4.95. The minimum atomic E-state index is -0.936. The van der Waals surface area contributed by atoms with Gasteiger partial charge in [0.05, 0.1) is 12.0 Å². The maximum Gasteiger partial charge on any atom is 0.308 e. The van der Waals surface area contributed by atoms with Crippen LogP contribution in [0.5, 0.6) is 0 Å². The highest BCUT2D eigenvalue weighted by Gasteiger charge is 2.25. The molecule has 106 valence electrons. The molecule has 1 N–H and O–H groups in total. The van der Waals surface area contributed by atoms with Crippen molar-refractivity contribution in [2.45, 2.75) is 26.8 Å². The summed E-state index contributed by atoms with van der Waals surface area (Å²) in [6.07, 6.45) is 0. The van der Waals surface area contributed by atoms with Gasteiger partial charge in [-0.3, -0.25) is 4.79 Å². The number of carboxylic acids is 1. The first-order chi connectivity index (χ1) is 9.41. The Hall–Kier alpha value is -2.31. The minimum Gasteiger partial charge on any atom is -0.481 e. The van der Waals surface area contributed by atoms with Crippen LogP contribution in [-0.2, 0) is 4.79 Å². The van der Waals surface area contributed by atoms with Crippen molar-refractivity contribution in [2.24, 2.45) is 5.92 Å². The molecular weight excluding hydrogens is 263 g/mol. The van der Waals surface area contributed by atoms with Crippen molar-refractivity contribution < 1.29 is 14.3 Å². The summed E-state index contributed by atoms with van der Waals surface area (Å²) in [5, 5.41) is 20.3. The molecule has 6 nitrogen and oxygen atoms in total. The zero-order valence-electron chi connectivity index (χ0n) is 11.4. The molecule has 1 heterocycles. The van der Waals surface area contributed by atoms with Gasteiger partial charge in [-0.1, -0.05) is 12.1 Å². The van der Waals surface area contributed by atoms with Crippen molar-refractivity contribution in [1.29, 1.82) is 0 Å². The first kappa shape index (κ1) is 14.1. The van der Waals surface area contributed by atoms with Crippen LogP contribution in [0.25, 0.3) is 11.4 Å². The number of halogens is 1. The molecule has 0 aliphatic rings. The molecular formula is C13H15FN4O2. The molecule has 0 aliphatic heterocycles. The standard InChI is InChI=1S/C13H15FN4O2/c1-7-4-5-10(6-11(7)14)12-15-16-17-18(12)9(3)8(2)13(19)20/h4-6,8-9H,1-3H3,(H,19,20). The fraction of sp³-hybridized carbons (Fsp3) is 0.385. The maximum atomic E-state index is 13.6. The van der Waals surface area contributed by atoms with Gasteiger partial charge in [-0.15, -0.1) is 5.10 Å². The molecule has 1 aromatic carbocycles. The zero-order valence-corrected chi connectivity index (χ0v) is 11.4. The van der Waals surface area contributed by atoms with E-state index >= 15 is 0 Å². The predicted octanol–water partition coefficient (Wildman–Crippen LogP) is 2.07. The van der Waals surface area contributed by atoms with Gasteiger partial charge < -0.3 is 5.11 Å². The highest BCUT2D eigenvalue weighted by atomic mass is 19.1. The number of aryl methyl sites for hydroxylation is 1. The second-order valence-corrected chi connectivity index (χ2v) is 4.78. The molecule has 20 heavy (non-hydrogen) atoms. The Bertz CT molecular complexity index is 641. The first-order valence-electron chi connectivity index (χ1n) is 6.19. The number of tetrazole rings is 1. The molecule has 0 fully saturated rings. The van der Waals surface area contributed by atoms with Crippen LogP contribution in [-0.4, -0.2) is 31.3 Å². The van der Waals surface area contributed by atoms with Gasteiger partial charge in [-0.2, -0.15) is 0 Å². The SMILES string of the molecule is Cc1ccc(-c2nnnn2C(C)C(C)C(=O)O)cc1F. The van der Waals surface area contributed by atoms with Crippen molar-refractivity contribution in [3.8, 4) is 11.4 Å². The van der Waals surface area contributed by atoms with Gasteiger partial charge in [0.1, 0.15) is 5.82 Å². The topological polar surface area (TPSA) is 80.9 Å². The number of aromatic nitrogens is 4. The normalized spacial score (nSPS) is 14.0. The first-order valence-corrected chi connectivity index (χ1v) is 6.19. The number of carboxylic acid groups (broad SMARTS) is 1. The molecule has 1 aromatic heterocycles. The summed E-state index contributed by atoms with van der Waals surface area (Å²) >= 11 is 0. The molecule has 0 saturated carbocycles. The van der Waals surface area contributed by atoms with E-state index in [4.69, 9.17) is 5.11 Å². The Labute approximate surface area is 115 Å². The Morgan fingerprint density at radius 2 is 2.10 bits per heavy atom. The Morgan fingerprint density at radius 1 is 1.40 bits per heavy atom. The average Bonchev–Trinajstić information content (AvgIpc) is 2.89. The Morgan fingerprint density at radius 3 is 2.70 bits per heavy atom. The van der Waals surface area contributed by atoms with Crippen molar-refractivity contribution in [3.05, 3.63) is 29.6 Å². The summed E-state index contributed by atoms with van der Waals surface area (Å²) in [5.74, 6) is -1.60. The number of nitrogens with zero attached hydrogens (tertiary/aromatic N) is 4. The molecule has 2 rings (SSSR count). The number of benzene rings is 1. The molecule has 0 aliphatic carbocycles. The van der Waals surface area contributed by atoms with Crippen LogP contribution < -0.4 is 0 Å². The van der Waals surface area contributed by atoms with Crippen LogP contribution in [0.15, 0.2) is 18.2 Å². The predicted molar refractivity (Wildman–Crippen MR) is 69.5 cm³/mol. The van der Waals surface area contributed by atoms with E-state index in [1.165, 1.54) is 10.7 Å². The van der Waals surface area contributed by atoms with Crippen LogP contribution in [0.3, 0.4) is 0 Å². The highest BCUT2D eigenvalue weighted by molar-refractivity contribution is 5.70. The summed E-state index contributed by atoms with van der Waals surface area (Å²) < 4.78 is 15.0. The van der Waals surface area contributed by atoms with E-state index in [0.717, 1.165) is 0 Å². The summed E-state index contributed by atoms with van der Waals surface area (Å²) in [4.78, 5) is 11.0. The van der Waals surface area contributed by atoms with Gasteiger partial charge in [0.2, 0.25) is 0 Å². The van der Waals surface area contributed by atoms with Crippen LogP contribution in [0.1, 0.15) is 25.5 Å². The van der Waals surface area contributed by atoms with Crippen molar-refractivity contribution in [3.63, 3.8) is 0 Å². The van der Waals surface area contributed by atoms with E-state index in [1.807, 2.05) is 0 Å². The second-order valence-electron chi connectivity index (χ2n) is 4.78. The van der Waals surface area contributed by atoms with Gasteiger partial charge in [0.15, 0.2) is 5.82 Å². The zero-order chi connectivity index (χ0) is 14.9. The lowest BCUT2D eigenvalue weighted by Crippen LogP contribution is -2.23. The third-order valence-corrected chi connectivity index (χ3v) is 3.42. The van der Waals surface area contributed by atoms with Crippen LogP contribution >= 0.6 is 0 Å². The van der Waals surface area contributed by atoms with E-state index < -0.39 is 17.9 Å². The van der Waals surface area contributed by atoms with Crippen molar-refractivity contribution in [1.82, 2.24) is 20.2 Å². The fourth-order valence-corrected chi connectivity index (χ4v) is 1.81. The summed E-state index contributed by atoms with van der Waals surface area (Å²) in [7, 11) is 0. The van der Waals surface area contributed by atoms with E-state index in [0.29, 0.717) is 17.0 Å². The lowest BCUT2D eigenvalue weighted by Gasteiger charge is -2.17. The van der Waals surface area contributed by atoms with Crippen LogP contribution in [0.4, 0.5) is 4.39 Å². The van der Waals surface area contributed by atoms with Crippen LogP contribution in [0.2, 0.25) is 0 Å². The number of rotatable bonds is 4. The summed E-state index contributed by atoms with van der Waals surface area (Å²) in [5.41, 5.74) is 1.04. The second kappa shape index (κ2) is 5.36. The highest BCUT2D eigenvalue weighted by Crippen LogP contribution is 2.24. The number of aliphatic carboxylic acids is 1. The quantitative estimate of drug-likeness (QED) is 0.925. The molecule has 0 saturated heterocycles. The minimum absolute atomic E-state index is 0.351. The fourth-order valence-electron chi connectivity index (χ4n) is 1.81. The average molecular weight is 278 g/mol. The Balaban J connectivity index is 2.42. The Kier molecular flexibility index (Phi) is 3.78. The van der Waals surface area contributed by atoms with E-state index in [9.17, 15) is 9.18 Å². The van der Waals surface area contributed by atoms with E-state index in [-0.39, 0.29) is 5.82 Å².